The number of halogens is 3. The molecule has 0 aliphatic heterocycles. The summed E-state index contributed by atoms with van der Waals surface area (Å²) in [6.07, 6.45) is 0.121. The maximum atomic E-state index is 15.4. The number of aromatic nitrogens is 3. The minimum absolute atomic E-state index is 0.0504. The molecule has 2 aromatic heterocycles. The fraction of sp³-hybridized carbons (Fsp3) is 0.161. The quantitative estimate of drug-likeness (QED) is 0.200. The summed E-state index contributed by atoms with van der Waals surface area (Å²) in [6, 6.07) is 18.7. The fourth-order valence-corrected chi connectivity index (χ4v) is 4.86. The predicted octanol–water partition coefficient (Wildman–Crippen LogP) is 6.42. The zero-order valence-corrected chi connectivity index (χ0v) is 23.0. The molecule has 0 spiro atoms. The lowest BCUT2D eigenvalue weighted by Crippen LogP contribution is -2.10. The molecule has 2 heterocycles. The highest BCUT2D eigenvalue weighted by molar-refractivity contribution is 6.37. The van der Waals surface area contributed by atoms with Crippen LogP contribution in [0.5, 0.6) is 5.88 Å². The summed E-state index contributed by atoms with van der Waals surface area (Å²) in [4.78, 5) is 20.7. The summed E-state index contributed by atoms with van der Waals surface area (Å²) in [5, 5.41) is 18.5. The molecule has 0 saturated heterocycles. The number of fused-ring (bicyclic) bond motifs is 1. The normalized spacial score (nSPS) is 11.0. The lowest BCUT2D eigenvalue weighted by atomic mass is 10.1. The number of nitrogens with zero attached hydrogens (tertiary/aromatic N) is 4. The number of pyridine rings is 1. The topological polar surface area (TPSA) is 110 Å². The molecule has 0 fully saturated rings. The van der Waals surface area contributed by atoms with Gasteiger partial charge in [-0.3, -0.25) is 0 Å². The van der Waals surface area contributed by atoms with Crippen LogP contribution in [0.4, 0.5) is 8.78 Å². The Morgan fingerprint density at radius 1 is 1.05 bits per heavy atom. The molecule has 212 valence electrons. The maximum absolute atomic E-state index is 15.4. The molecule has 3 aromatic carbocycles. The van der Waals surface area contributed by atoms with Crippen LogP contribution in [0.3, 0.4) is 0 Å². The standard InChI is InChI=1S/C31H23ClF2N4O4/c1-41-12-11-38-27(36-26-10-9-22(31(39)40)29(32)30(26)38)15-19-7-8-20(14-24(19)34)25-3-2-4-28(37-25)42-17-21-6-5-18(16-35)13-23(21)33/h2-10,13-14H,11-12,15,17H2,1H3,(H,39,40). The van der Waals surface area contributed by atoms with E-state index in [4.69, 9.17) is 26.3 Å². The molecule has 0 atom stereocenters. The zero-order chi connectivity index (χ0) is 29.8. The number of aromatic carboxylic acids is 1. The highest BCUT2D eigenvalue weighted by Gasteiger charge is 2.20. The number of carboxylic acid groups (broad SMARTS) is 1. The van der Waals surface area contributed by atoms with Gasteiger partial charge in [-0.1, -0.05) is 35.9 Å². The van der Waals surface area contributed by atoms with Gasteiger partial charge in [0.2, 0.25) is 5.88 Å². The number of carbonyl (C=O) groups is 1. The molecule has 42 heavy (non-hydrogen) atoms. The molecule has 0 unspecified atom stereocenters. The van der Waals surface area contributed by atoms with E-state index in [-0.39, 0.29) is 40.6 Å². The second-order valence-corrected chi connectivity index (χ2v) is 9.70. The molecule has 0 saturated carbocycles. The second kappa shape index (κ2) is 12.3. The van der Waals surface area contributed by atoms with E-state index in [1.54, 1.807) is 48.1 Å². The van der Waals surface area contributed by atoms with Crippen LogP contribution in [0, 0.1) is 23.0 Å². The first-order chi connectivity index (χ1) is 20.3. The van der Waals surface area contributed by atoms with Crippen molar-refractivity contribution < 1.29 is 28.2 Å². The van der Waals surface area contributed by atoms with E-state index in [9.17, 15) is 14.3 Å². The van der Waals surface area contributed by atoms with Gasteiger partial charge < -0.3 is 19.1 Å². The number of nitriles is 1. The van der Waals surface area contributed by atoms with Crippen LogP contribution in [0.25, 0.3) is 22.3 Å². The summed E-state index contributed by atoms with van der Waals surface area (Å²) in [7, 11) is 1.54. The van der Waals surface area contributed by atoms with Gasteiger partial charge in [0.15, 0.2) is 0 Å². The van der Waals surface area contributed by atoms with Crippen LogP contribution < -0.4 is 4.74 Å². The Morgan fingerprint density at radius 3 is 2.55 bits per heavy atom. The molecule has 0 bridgehead atoms. The van der Waals surface area contributed by atoms with Gasteiger partial charge in [0, 0.05) is 37.3 Å². The van der Waals surface area contributed by atoms with Crippen LogP contribution in [0.1, 0.15) is 32.9 Å². The van der Waals surface area contributed by atoms with Crippen molar-refractivity contribution in [2.45, 2.75) is 19.6 Å². The van der Waals surface area contributed by atoms with Gasteiger partial charge in [0.25, 0.3) is 0 Å². The molecule has 11 heteroatoms. The molecule has 0 radical (unpaired) electrons. The number of imidazole rings is 1. The van der Waals surface area contributed by atoms with E-state index in [0.29, 0.717) is 46.8 Å². The van der Waals surface area contributed by atoms with Crippen molar-refractivity contribution in [2.24, 2.45) is 0 Å². The van der Waals surface area contributed by atoms with Crippen molar-refractivity contribution in [1.29, 1.82) is 5.26 Å². The minimum atomic E-state index is -1.16. The van der Waals surface area contributed by atoms with Gasteiger partial charge >= 0.3 is 5.97 Å². The fourth-order valence-electron chi connectivity index (χ4n) is 4.52. The Morgan fingerprint density at radius 2 is 1.83 bits per heavy atom. The lowest BCUT2D eigenvalue weighted by molar-refractivity contribution is 0.0697. The number of benzene rings is 3. The number of rotatable bonds is 10. The smallest absolute Gasteiger partial charge is 0.337 e. The third kappa shape index (κ3) is 5.93. The number of ether oxygens (including phenoxy) is 2. The van der Waals surface area contributed by atoms with E-state index in [0.717, 1.165) is 6.07 Å². The van der Waals surface area contributed by atoms with Crippen molar-refractivity contribution in [1.82, 2.24) is 14.5 Å². The molecule has 5 rings (SSSR count). The van der Waals surface area contributed by atoms with Gasteiger partial charge in [0.05, 0.1) is 45.6 Å². The molecule has 1 N–H and O–H groups in total. The van der Waals surface area contributed by atoms with Crippen LogP contribution in [0.2, 0.25) is 5.02 Å². The van der Waals surface area contributed by atoms with Gasteiger partial charge in [-0.05, 0) is 42.0 Å². The Hall–Kier alpha value is -4.85. The second-order valence-electron chi connectivity index (χ2n) is 9.32. The van der Waals surface area contributed by atoms with Crippen LogP contribution in [-0.4, -0.2) is 39.3 Å². The van der Waals surface area contributed by atoms with Gasteiger partial charge in [-0.15, -0.1) is 0 Å². The van der Waals surface area contributed by atoms with Crippen molar-refractivity contribution >= 4 is 28.6 Å². The zero-order valence-electron chi connectivity index (χ0n) is 22.3. The molecular formula is C31H23ClF2N4O4. The lowest BCUT2D eigenvalue weighted by Gasteiger charge is -2.12. The SMILES string of the molecule is COCCn1c(Cc2ccc(-c3cccc(OCc4ccc(C#N)cc4F)n3)cc2F)nc2ccc(C(=O)O)c(Cl)c21. The van der Waals surface area contributed by atoms with Crippen molar-refractivity contribution in [3.63, 3.8) is 0 Å². The summed E-state index contributed by atoms with van der Waals surface area (Å²) < 4.78 is 42.2. The van der Waals surface area contributed by atoms with E-state index in [1.165, 1.54) is 24.3 Å². The first-order valence-electron chi connectivity index (χ1n) is 12.8. The summed E-state index contributed by atoms with van der Waals surface area (Å²) >= 11 is 6.44. The molecule has 5 aromatic rings. The first-order valence-corrected chi connectivity index (χ1v) is 13.1. The predicted molar refractivity (Wildman–Crippen MR) is 151 cm³/mol. The highest BCUT2D eigenvalue weighted by Crippen LogP contribution is 2.30. The summed E-state index contributed by atoms with van der Waals surface area (Å²) in [5.74, 6) is -1.47. The summed E-state index contributed by atoms with van der Waals surface area (Å²) in [5.41, 5.74) is 2.71. The van der Waals surface area contributed by atoms with Gasteiger partial charge in [-0.25, -0.2) is 23.5 Å². The van der Waals surface area contributed by atoms with Crippen LogP contribution in [-0.2, 0) is 24.3 Å². The van der Waals surface area contributed by atoms with Crippen LogP contribution in [0.15, 0.2) is 66.7 Å². The van der Waals surface area contributed by atoms with E-state index >= 15 is 4.39 Å². The molecule has 8 nitrogen and oxygen atoms in total. The Bertz CT molecular complexity index is 1850. The monoisotopic (exact) mass is 588 g/mol. The van der Waals surface area contributed by atoms with Crippen LogP contribution >= 0.6 is 11.6 Å². The maximum Gasteiger partial charge on any atom is 0.337 e. The number of carboxylic acids is 1. The first kappa shape index (κ1) is 28.7. The van der Waals surface area contributed by atoms with Gasteiger partial charge in [0.1, 0.15) is 24.1 Å². The highest BCUT2D eigenvalue weighted by atomic mass is 35.5. The average molecular weight is 589 g/mol. The average Bonchev–Trinajstić information content (AvgIpc) is 3.34. The molecule has 0 amide bonds. The van der Waals surface area contributed by atoms with Crippen molar-refractivity contribution in [2.75, 3.05) is 13.7 Å². The van der Waals surface area contributed by atoms with E-state index < -0.39 is 17.6 Å². The van der Waals surface area contributed by atoms with Gasteiger partial charge in [-0.2, -0.15) is 5.26 Å². The molecular weight excluding hydrogens is 566 g/mol. The molecule has 0 aliphatic rings. The Balaban J connectivity index is 1.39. The molecule has 0 aliphatic carbocycles. The third-order valence-electron chi connectivity index (χ3n) is 6.65. The van der Waals surface area contributed by atoms with Crippen molar-refractivity contribution in [3.05, 3.63) is 111 Å². The number of hydrogen-bond acceptors (Lipinski definition) is 6. The van der Waals surface area contributed by atoms with Crippen molar-refractivity contribution in [3.8, 4) is 23.2 Å². The largest absolute Gasteiger partial charge is 0.478 e. The minimum Gasteiger partial charge on any atom is -0.478 e. The number of methoxy groups -OCH3 is 1. The Labute approximate surface area is 244 Å². The van der Waals surface area contributed by atoms with E-state index in [1.807, 2.05) is 6.07 Å². The number of hydrogen-bond donors (Lipinski definition) is 1. The third-order valence-corrected chi connectivity index (χ3v) is 7.04. The Kier molecular flexibility index (Phi) is 8.43. The van der Waals surface area contributed by atoms with E-state index in [2.05, 4.69) is 9.97 Å². The summed E-state index contributed by atoms with van der Waals surface area (Å²) in [6.45, 7) is 0.562.